The first-order valence-electron chi connectivity index (χ1n) is 1.96. The molecule has 42 valence electrons. The molecule has 3 heteroatoms. The Morgan fingerprint density at radius 1 is 1.71 bits per heavy atom. The highest BCUT2D eigenvalue weighted by molar-refractivity contribution is 7.84. The smallest absolute Gasteiger partial charge is 0.187 e. The van der Waals surface area contributed by atoms with Crippen molar-refractivity contribution in [3.05, 3.63) is 6.92 Å². The van der Waals surface area contributed by atoms with E-state index in [0.717, 1.165) is 0 Å². The molecule has 0 saturated heterocycles. The Balaban J connectivity index is 3.79. The van der Waals surface area contributed by atoms with Crippen LogP contribution >= 0.6 is 0 Å². The molecule has 0 aliphatic heterocycles. The minimum atomic E-state index is -1.29. The second kappa shape index (κ2) is 1.84. The van der Waals surface area contributed by atoms with E-state index in [9.17, 15) is 4.21 Å². The molecule has 0 rings (SSSR count). The second-order valence-corrected chi connectivity index (χ2v) is 3.76. The van der Waals surface area contributed by atoms with Gasteiger partial charge < -0.3 is 0 Å². The first-order valence-corrected chi connectivity index (χ1v) is 3.17. The van der Waals surface area contributed by atoms with Gasteiger partial charge in [-0.25, -0.2) is 9.35 Å². The van der Waals surface area contributed by atoms with Crippen LogP contribution in [0.1, 0.15) is 13.8 Å². The molecular weight excluding hydrogens is 110 g/mol. The Morgan fingerprint density at radius 3 is 1.86 bits per heavy atom. The van der Waals surface area contributed by atoms with Crippen molar-refractivity contribution >= 4 is 11.0 Å². The largest absolute Gasteiger partial charge is 0.248 e. The normalized spacial score (nSPS) is 16.4. The number of hydrogen-bond acceptors (Lipinski definition) is 1. The Hall–Kier alpha value is -0.0200. The number of hydrogen-bond donors (Lipinski definition) is 1. The van der Waals surface area contributed by atoms with Crippen LogP contribution < -0.4 is 5.14 Å². The molecule has 2 nitrogen and oxygen atoms in total. The lowest BCUT2D eigenvalue weighted by molar-refractivity contribution is 0.664. The summed E-state index contributed by atoms with van der Waals surface area (Å²) in [5.41, 5.74) is 0. The van der Waals surface area contributed by atoms with E-state index in [2.05, 4.69) is 6.92 Å². The van der Waals surface area contributed by atoms with E-state index in [1.54, 1.807) is 13.8 Å². The van der Waals surface area contributed by atoms with Crippen LogP contribution in [0, 0.1) is 6.92 Å². The standard InChI is InChI=1S/C4H10NOS/c1-4(2,3)7(5)6/h1,5H2,2-3H3/q+1. The van der Waals surface area contributed by atoms with Gasteiger partial charge in [-0.1, -0.05) is 0 Å². The molecule has 0 bridgehead atoms. The summed E-state index contributed by atoms with van der Waals surface area (Å²) in [4.78, 5) is 0. The van der Waals surface area contributed by atoms with Crippen LogP contribution in [0.2, 0.25) is 0 Å². The molecule has 0 aromatic heterocycles. The summed E-state index contributed by atoms with van der Waals surface area (Å²) in [7, 11) is -1.29. The monoisotopic (exact) mass is 120 g/mol. The van der Waals surface area contributed by atoms with Crippen molar-refractivity contribution in [2.45, 2.75) is 18.6 Å². The third-order valence-corrected chi connectivity index (χ3v) is 1.63. The molecule has 1 atom stereocenters. The van der Waals surface area contributed by atoms with Gasteiger partial charge in [0.1, 0.15) is 11.0 Å². The fourth-order valence-corrected chi connectivity index (χ4v) is 0. The molecule has 7 heavy (non-hydrogen) atoms. The summed E-state index contributed by atoms with van der Waals surface area (Å²) in [6.45, 7) is 7.00. The van der Waals surface area contributed by atoms with Crippen molar-refractivity contribution in [1.29, 1.82) is 0 Å². The Labute approximate surface area is 46.7 Å². The van der Waals surface area contributed by atoms with Gasteiger partial charge in [-0.2, -0.15) is 0 Å². The van der Waals surface area contributed by atoms with Crippen LogP contribution in [-0.4, -0.2) is 8.96 Å². The summed E-state index contributed by atoms with van der Waals surface area (Å²) in [5.74, 6) is 0. The van der Waals surface area contributed by atoms with Crippen molar-refractivity contribution in [3.63, 3.8) is 0 Å². The molecule has 0 aromatic carbocycles. The van der Waals surface area contributed by atoms with Gasteiger partial charge in [0.05, 0.1) is 6.92 Å². The van der Waals surface area contributed by atoms with Crippen LogP contribution in [0.3, 0.4) is 0 Å². The fraction of sp³-hybridized carbons (Fsp3) is 0.750. The maximum absolute atomic E-state index is 10.3. The average Bonchev–Trinajstić information content (AvgIpc) is 1.31. The molecule has 0 aliphatic rings. The summed E-state index contributed by atoms with van der Waals surface area (Å²) in [6, 6.07) is 0. The number of rotatable bonds is 1. The first kappa shape index (κ1) is 6.98. The Bertz CT molecular complexity index is 84.2. The van der Waals surface area contributed by atoms with Crippen molar-refractivity contribution in [2.75, 3.05) is 0 Å². The molecule has 0 radical (unpaired) electrons. The van der Waals surface area contributed by atoms with Crippen molar-refractivity contribution in [2.24, 2.45) is 5.14 Å². The Kier molecular flexibility index (Phi) is 1.83. The van der Waals surface area contributed by atoms with Crippen LogP contribution in [0.4, 0.5) is 0 Å². The zero-order chi connectivity index (χ0) is 6.08. The van der Waals surface area contributed by atoms with Gasteiger partial charge in [0.2, 0.25) is 0 Å². The molecule has 0 saturated carbocycles. The Morgan fingerprint density at radius 2 is 1.86 bits per heavy atom. The third-order valence-electron chi connectivity index (χ3n) is 0.545. The molecular formula is C4H10NOS+. The summed E-state index contributed by atoms with van der Waals surface area (Å²) in [6.07, 6.45) is 0. The van der Waals surface area contributed by atoms with Crippen LogP contribution in [-0.2, 0) is 11.0 Å². The molecule has 0 fully saturated rings. The highest BCUT2D eigenvalue weighted by Gasteiger charge is 2.23. The fourth-order valence-electron chi connectivity index (χ4n) is 0. The van der Waals surface area contributed by atoms with Gasteiger partial charge in [0.15, 0.2) is 4.75 Å². The molecule has 2 N–H and O–H groups in total. The molecule has 0 spiro atoms. The molecule has 0 heterocycles. The van der Waals surface area contributed by atoms with Crippen molar-refractivity contribution in [1.82, 2.24) is 0 Å². The maximum Gasteiger partial charge on any atom is 0.187 e. The lowest BCUT2D eigenvalue weighted by atomic mass is 10.3. The highest BCUT2D eigenvalue weighted by atomic mass is 32.2. The highest BCUT2D eigenvalue weighted by Crippen LogP contribution is 2.04. The minimum Gasteiger partial charge on any atom is -0.248 e. The first-order chi connectivity index (χ1) is 2.94. The SMILES string of the molecule is [CH2+]C(C)(C)S(N)=O. The van der Waals surface area contributed by atoms with E-state index in [1.165, 1.54) is 0 Å². The van der Waals surface area contributed by atoms with E-state index >= 15 is 0 Å². The van der Waals surface area contributed by atoms with Crippen LogP contribution in [0.5, 0.6) is 0 Å². The number of nitrogens with two attached hydrogens (primary N) is 1. The van der Waals surface area contributed by atoms with E-state index < -0.39 is 15.7 Å². The van der Waals surface area contributed by atoms with Gasteiger partial charge in [-0.3, -0.25) is 0 Å². The van der Waals surface area contributed by atoms with Crippen molar-refractivity contribution in [3.8, 4) is 0 Å². The second-order valence-electron chi connectivity index (χ2n) is 2.06. The lowest BCUT2D eigenvalue weighted by Crippen LogP contribution is -2.27. The predicted molar refractivity (Wildman–Crippen MR) is 31.8 cm³/mol. The summed E-state index contributed by atoms with van der Waals surface area (Å²) >= 11 is 0. The summed E-state index contributed by atoms with van der Waals surface area (Å²) < 4.78 is 9.79. The maximum atomic E-state index is 10.3. The molecule has 1 unspecified atom stereocenters. The minimum absolute atomic E-state index is 0.500. The van der Waals surface area contributed by atoms with Crippen LogP contribution in [0.25, 0.3) is 0 Å². The van der Waals surface area contributed by atoms with Crippen molar-refractivity contribution < 1.29 is 4.21 Å². The topological polar surface area (TPSA) is 43.1 Å². The van der Waals surface area contributed by atoms with E-state index in [-0.39, 0.29) is 0 Å². The van der Waals surface area contributed by atoms with E-state index in [1.807, 2.05) is 0 Å². The van der Waals surface area contributed by atoms with Gasteiger partial charge in [0, 0.05) is 0 Å². The summed E-state index contributed by atoms with van der Waals surface area (Å²) in [5, 5.41) is 4.98. The molecule has 0 amide bonds. The molecule has 0 aliphatic carbocycles. The quantitative estimate of drug-likeness (QED) is 0.494. The lowest BCUT2D eigenvalue weighted by Gasteiger charge is -2.03. The zero-order valence-electron chi connectivity index (χ0n) is 4.60. The van der Waals surface area contributed by atoms with Gasteiger partial charge in [0.25, 0.3) is 0 Å². The van der Waals surface area contributed by atoms with Gasteiger partial charge in [-0.05, 0) is 13.8 Å². The third kappa shape index (κ3) is 2.65. The predicted octanol–water partition coefficient (Wildman–Crippen LogP) is 0.221. The molecule has 0 aromatic rings. The zero-order valence-corrected chi connectivity index (χ0v) is 5.42. The van der Waals surface area contributed by atoms with Gasteiger partial charge >= 0.3 is 0 Å². The van der Waals surface area contributed by atoms with Crippen LogP contribution in [0.15, 0.2) is 0 Å². The van der Waals surface area contributed by atoms with Gasteiger partial charge in [-0.15, -0.1) is 0 Å². The van der Waals surface area contributed by atoms with E-state index in [0.29, 0.717) is 0 Å². The van der Waals surface area contributed by atoms with E-state index in [4.69, 9.17) is 5.14 Å². The average molecular weight is 120 g/mol.